The third-order valence-corrected chi connectivity index (χ3v) is 9.79. The number of hydrogen-bond donors (Lipinski definition) is 0. The molecule has 0 aliphatic rings. The van der Waals surface area contributed by atoms with Crippen LogP contribution in [0.2, 0.25) is 0 Å². The van der Waals surface area contributed by atoms with E-state index in [1.165, 1.54) is 5.56 Å². The molecule has 0 saturated carbocycles. The van der Waals surface area contributed by atoms with Crippen LogP contribution in [0, 0.1) is 18.5 Å². The molecule has 0 unspecified atom stereocenters. The second-order valence-corrected chi connectivity index (χ2v) is 14.1. The molecule has 6 aromatic carbocycles. The summed E-state index contributed by atoms with van der Waals surface area (Å²) in [5.41, 5.74) is 8.22. The van der Waals surface area contributed by atoms with Crippen molar-refractivity contribution in [3.8, 4) is 23.0 Å². The van der Waals surface area contributed by atoms with Crippen molar-refractivity contribution in [2.45, 2.75) is 26.2 Å². The smallest absolute Gasteiger partial charge is 0.269 e. The number of nitrogens with zero attached hydrogens (tertiary/aromatic N) is 4. The number of aromatic nitrogens is 4. The maximum absolute atomic E-state index is 6.64. The van der Waals surface area contributed by atoms with Crippen LogP contribution in [0.3, 0.4) is 0 Å². The summed E-state index contributed by atoms with van der Waals surface area (Å²) in [6.07, 6.45) is 5.59. The quantitative estimate of drug-likeness (QED) is 0.131. The van der Waals surface area contributed by atoms with Gasteiger partial charge < -0.3 is 18.1 Å². The van der Waals surface area contributed by atoms with E-state index in [0.717, 1.165) is 71.8 Å². The Hall–Kier alpha value is -5.97. The molecule has 260 valence electrons. The number of hydrogen-bond acceptors (Lipinski definition) is 3. The van der Waals surface area contributed by atoms with Crippen LogP contribution in [0.25, 0.3) is 71.8 Å². The van der Waals surface area contributed by atoms with E-state index in [2.05, 4.69) is 111 Å². The number of rotatable bonds is 4. The van der Waals surface area contributed by atoms with Gasteiger partial charge in [-0.15, -0.1) is 35.0 Å². The Bertz CT molecular complexity index is 3040. The third-order valence-electron chi connectivity index (χ3n) is 9.79. The van der Waals surface area contributed by atoms with Gasteiger partial charge in [0.05, 0.1) is 5.69 Å². The minimum absolute atomic E-state index is 0. The Morgan fingerprint density at radius 1 is 0.660 bits per heavy atom. The van der Waals surface area contributed by atoms with Gasteiger partial charge in [-0.05, 0) is 70.4 Å². The molecule has 0 aliphatic heterocycles. The van der Waals surface area contributed by atoms with Crippen molar-refractivity contribution in [2.75, 3.05) is 0 Å². The number of ether oxygens (including phenoxy) is 1. The van der Waals surface area contributed by atoms with E-state index in [-0.39, 0.29) is 26.5 Å². The Balaban J connectivity index is 0.00000372. The van der Waals surface area contributed by atoms with Crippen LogP contribution in [0.5, 0.6) is 11.5 Å². The van der Waals surface area contributed by atoms with Gasteiger partial charge in [-0.2, -0.15) is 12.1 Å². The van der Waals surface area contributed by atoms with E-state index >= 15 is 0 Å². The molecule has 0 bridgehead atoms. The zero-order valence-corrected chi connectivity index (χ0v) is 31.5. The molecule has 0 N–H and O–H groups in total. The molecule has 53 heavy (non-hydrogen) atoms. The first-order valence-corrected chi connectivity index (χ1v) is 17.4. The Morgan fingerprint density at radius 3 is 2.15 bits per heavy atom. The van der Waals surface area contributed by atoms with Crippen LogP contribution < -0.4 is 9.30 Å². The molecule has 6 nitrogen and oxygen atoms in total. The summed E-state index contributed by atoms with van der Waals surface area (Å²) in [7, 11) is 0. The summed E-state index contributed by atoms with van der Waals surface area (Å²) in [5.74, 6) is 2.00. The first kappa shape index (κ1) is 32.9. The van der Waals surface area contributed by atoms with Gasteiger partial charge in [0.25, 0.3) is 6.33 Å². The normalized spacial score (nSPS) is 11.9. The summed E-state index contributed by atoms with van der Waals surface area (Å²) < 4.78 is 19.5. The van der Waals surface area contributed by atoms with Crippen LogP contribution in [0.1, 0.15) is 26.3 Å². The predicted molar refractivity (Wildman–Crippen MR) is 206 cm³/mol. The molecule has 0 aliphatic carbocycles. The largest absolute Gasteiger partial charge is 0.510 e. The molecule has 10 rings (SSSR count). The SMILES string of the molecule is CC(C)(C)c1ccnc(-n2c3[c-]c(Oc4[c-]c5c(cc4)c4cccc6oc7ccccc7[n+](-c7ccccc7)[c-]n5c64)ccc3c3ccccc32)c1.[Pt]. The zero-order valence-electron chi connectivity index (χ0n) is 29.2. The molecule has 0 saturated heterocycles. The summed E-state index contributed by atoms with van der Waals surface area (Å²) in [5, 5.41) is 4.27. The standard InChI is InChI=1S/C46H32N4O2.Pt/c1-46(2,3)30-24-25-47-44(26-30)50-38-16-8-7-14-34(38)35-22-20-33(28-41(35)50)51-32-21-23-36-37-15-11-19-43-45(37)49(40(36)27-32)29-48(31-12-5-4-6-13-31)39-17-9-10-18-42(39)52-43;/h4-26H,1-3H3;/q-2;. The monoisotopic (exact) mass is 867 g/mol. The van der Waals surface area contributed by atoms with Crippen molar-refractivity contribution in [2.24, 2.45) is 0 Å². The maximum Gasteiger partial charge on any atom is 0.269 e. The van der Waals surface area contributed by atoms with E-state index < -0.39 is 0 Å². The van der Waals surface area contributed by atoms with Crippen molar-refractivity contribution in [1.82, 2.24) is 14.0 Å². The number of pyridine rings is 1. The van der Waals surface area contributed by atoms with Crippen molar-refractivity contribution in [1.29, 1.82) is 0 Å². The van der Waals surface area contributed by atoms with Crippen LogP contribution in [0.4, 0.5) is 0 Å². The van der Waals surface area contributed by atoms with E-state index in [0.29, 0.717) is 11.5 Å². The fourth-order valence-corrected chi connectivity index (χ4v) is 7.25. The second-order valence-electron chi connectivity index (χ2n) is 14.1. The van der Waals surface area contributed by atoms with Crippen LogP contribution in [-0.2, 0) is 26.5 Å². The van der Waals surface area contributed by atoms with Gasteiger partial charge in [0.1, 0.15) is 28.0 Å². The third kappa shape index (κ3) is 5.44. The molecule has 4 aromatic heterocycles. The molecular formula is C46H32N4O2Pt-2. The van der Waals surface area contributed by atoms with Gasteiger partial charge in [0.2, 0.25) is 0 Å². The molecule has 0 radical (unpaired) electrons. The number of para-hydroxylation sites is 5. The molecule has 4 heterocycles. The van der Waals surface area contributed by atoms with Gasteiger partial charge in [-0.3, -0.25) is 4.57 Å². The summed E-state index contributed by atoms with van der Waals surface area (Å²) in [6.45, 7) is 6.66. The van der Waals surface area contributed by atoms with Crippen LogP contribution in [-0.4, -0.2) is 14.0 Å². The maximum atomic E-state index is 6.64. The van der Waals surface area contributed by atoms with E-state index in [9.17, 15) is 0 Å². The number of fused-ring (bicyclic) bond motifs is 7. The molecule has 0 amide bonds. The zero-order chi connectivity index (χ0) is 35.0. The Labute approximate surface area is 320 Å². The van der Waals surface area contributed by atoms with Gasteiger partial charge in [-0.25, -0.2) is 4.98 Å². The first-order chi connectivity index (χ1) is 25.4. The molecule has 7 heteroatoms. The minimum Gasteiger partial charge on any atom is -0.510 e. The number of benzene rings is 6. The average Bonchev–Trinajstić information content (AvgIpc) is 3.65. The second kappa shape index (κ2) is 12.6. The summed E-state index contributed by atoms with van der Waals surface area (Å²) in [6, 6.07) is 52.4. The Kier molecular flexibility index (Phi) is 7.83. The van der Waals surface area contributed by atoms with E-state index in [4.69, 9.17) is 14.1 Å². The van der Waals surface area contributed by atoms with E-state index in [1.54, 1.807) is 0 Å². The van der Waals surface area contributed by atoms with Crippen molar-refractivity contribution in [3.05, 3.63) is 164 Å². The van der Waals surface area contributed by atoms with Gasteiger partial charge in [-0.1, -0.05) is 92.3 Å². The van der Waals surface area contributed by atoms with Crippen molar-refractivity contribution < 1.29 is 34.8 Å². The van der Waals surface area contributed by atoms with Crippen LogP contribution in [0.15, 0.2) is 144 Å². The van der Waals surface area contributed by atoms with Gasteiger partial charge in [0.15, 0.2) is 0 Å². The molecular weight excluding hydrogens is 836 g/mol. The summed E-state index contributed by atoms with van der Waals surface area (Å²) in [4.78, 5) is 4.82. The van der Waals surface area contributed by atoms with Crippen molar-refractivity contribution >= 4 is 60.3 Å². The average molecular weight is 868 g/mol. The predicted octanol–water partition coefficient (Wildman–Crippen LogP) is 10.8. The van der Waals surface area contributed by atoms with Crippen LogP contribution >= 0.6 is 0 Å². The van der Waals surface area contributed by atoms with Gasteiger partial charge in [0, 0.05) is 44.3 Å². The Morgan fingerprint density at radius 2 is 1.34 bits per heavy atom. The fraction of sp³-hybridized carbons (Fsp3) is 0.0870. The fourth-order valence-electron chi connectivity index (χ4n) is 7.25. The molecule has 10 aromatic rings. The minimum atomic E-state index is -0.0206. The molecule has 0 fully saturated rings. The van der Waals surface area contributed by atoms with E-state index in [1.807, 2.05) is 81.9 Å². The molecule has 0 spiro atoms. The van der Waals surface area contributed by atoms with Crippen molar-refractivity contribution in [3.63, 3.8) is 0 Å². The topological polar surface area (TPSA) is 48.5 Å². The summed E-state index contributed by atoms with van der Waals surface area (Å²) >= 11 is 0. The van der Waals surface area contributed by atoms with Gasteiger partial charge >= 0.3 is 0 Å². The molecule has 0 atom stereocenters. The first-order valence-electron chi connectivity index (χ1n) is 17.4.